The minimum Gasteiger partial charge on any atom is -0.506 e. The average molecular weight is 550 g/mol. The van der Waals surface area contributed by atoms with Crippen LogP contribution in [0, 0.1) is 11.3 Å². The van der Waals surface area contributed by atoms with E-state index < -0.39 is 0 Å². The number of hydrogen-bond acceptors (Lipinski definition) is 5. The number of aromatic hydroxyl groups is 1. The second-order valence-corrected chi connectivity index (χ2v) is 11.7. The van der Waals surface area contributed by atoms with Crippen molar-refractivity contribution in [3.05, 3.63) is 67.4 Å². The molecule has 8 heteroatoms. The van der Waals surface area contributed by atoms with E-state index in [1.165, 1.54) is 4.88 Å². The van der Waals surface area contributed by atoms with Crippen molar-refractivity contribution < 1.29 is 14.3 Å². The summed E-state index contributed by atoms with van der Waals surface area (Å²) >= 11 is 11.1. The van der Waals surface area contributed by atoms with Gasteiger partial charge in [-0.3, -0.25) is 4.79 Å². The third-order valence-electron chi connectivity index (χ3n) is 6.08. The molecule has 0 saturated carbocycles. The Morgan fingerprint density at radius 1 is 1.42 bits per heavy atom. The minimum absolute atomic E-state index is 0.0402. The largest absolute Gasteiger partial charge is 0.506 e. The van der Waals surface area contributed by atoms with E-state index in [1.807, 2.05) is 6.07 Å². The fourth-order valence-corrected chi connectivity index (χ4v) is 6.22. The van der Waals surface area contributed by atoms with Crippen LogP contribution in [0.15, 0.2) is 44.4 Å². The molecule has 1 aliphatic rings. The van der Waals surface area contributed by atoms with Crippen LogP contribution in [0.1, 0.15) is 59.3 Å². The van der Waals surface area contributed by atoms with Crippen molar-refractivity contribution in [1.82, 2.24) is 5.32 Å². The van der Waals surface area contributed by atoms with E-state index >= 15 is 0 Å². The first kappa shape index (κ1) is 24.0. The van der Waals surface area contributed by atoms with Crippen molar-refractivity contribution in [2.75, 3.05) is 0 Å². The number of rotatable bonds is 5. The quantitative estimate of drug-likeness (QED) is 0.328. The second kappa shape index (κ2) is 9.65. The summed E-state index contributed by atoms with van der Waals surface area (Å²) in [5, 5.41) is 14.2. The van der Waals surface area contributed by atoms with Crippen molar-refractivity contribution >= 4 is 56.0 Å². The number of phenolic OH excluding ortho intramolecular Hbond substituents is 1. The molecule has 2 heterocycles. The van der Waals surface area contributed by atoms with E-state index in [2.05, 4.69) is 47.0 Å². The van der Waals surface area contributed by atoms with Crippen LogP contribution < -0.4 is 5.32 Å². The van der Waals surface area contributed by atoms with Crippen LogP contribution in [0.5, 0.6) is 5.75 Å². The molecule has 2 N–H and O–H groups in total. The number of carbonyl (C=O) groups excluding carboxylic acids is 1. The van der Waals surface area contributed by atoms with Gasteiger partial charge in [-0.15, -0.1) is 11.3 Å². The standard InChI is InChI=1S/C25H26BrClN2O3S/c1-25(2,3)15-6-7-18-20(10-15)33-24(21(18)23(31)28-13-17-5-4-8-32-17)29-12-14-9-16(26)11-19(27)22(14)30/h4-5,8-9,11-12,15,30H,6-7,10,13H2,1-3H3,(H,28,31)/t15-/m1/s1. The first-order chi connectivity index (χ1) is 15.6. The topological polar surface area (TPSA) is 74.8 Å². The van der Waals surface area contributed by atoms with Gasteiger partial charge < -0.3 is 14.8 Å². The van der Waals surface area contributed by atoms with Gasteiger partial charge >= 0.3 is 0 Å². The molecule has 174 valence electrons. The van der Waals surface area contributed by atoms with E-state index in [0.29, 0.717) is 34.4 Å². The number of nitrogens with zero attached hydrogens (tertiary/aromatic N) is 1. The predicted molar refractivity (Wildman–Crippen MR) is 137 cm³/mol. The molecule has 0 aliphatic heterocycles. The summed E-state index contributed by atoms with van der Waals surface area (Å²) in [6, 6.07) is 6.99. The monoisotopic (exact) mass is 548 g/mol. The molecular formula is C25H26BrClN2O3S. The molecule has 1 amide bonds. The number of amides is 1. The zero-order valence-electron chi connectivity index (χ0n) is 18.7. The van der Waals surface area contributed by atoms with Crippen molar-refractivity contribution in [2.24, 2.45) is 16.3 Å². The van der Waals surface area contributed by atoms with Crippen LogP contribution in [0.2, 0.25) is 5.02 Å². The number of phenols is 1. The molecule has 3 aromatic rings. The molecule has 0 radical (unpaired) electrons. The normalized spacial score (nSPS) is 16.2. The molecule has 4 rings (SSSR count). The highest BCUT2D eigenvalue weighted by Crippen LogP contribution is 2.45. The van der Waals surface area contributed by atoms with Gasteiger partial charge in [-0.05, 0) is 60.4 Å². The van der Waals surface area contributed by atoms with Crippen molar-refractivity contribution in [1.29, 1.82) is 0 Å². The number of nitrogens with one attached hydrogen (secondary N) is 1. The number of hydrogen-bond donors (Lipinski definition) is 2. The van der Waals surface area contributed by atoms with Gasteiger partial charge in [0.2, 0.25) is 0 Å². The third kappa shape index (κ3) is 5.36. The van der Waals surface area contributed by atoms with E-state index in [-0.39, 0.29) is 22.1 Å². The smallest absolute Gasteiger partial charge is 0.255 e. The van der Waals surface area contributed by atoms with Crippen LogP contribution in [0.25, 0.3) is 0 Å². The summed E-state index contributed by atoms with van der Waals surface area (Å²) in [6.07, 6.45) is 5.97. The molecule has 1 atom stereocenters. The summed E-state index contributed by atoms with van der Waals surface area (Å²) in [5.41, 5.74) is 2.38. The number of fused-ring (bicyclic) bond motifs is 1. The highest BCUT2D eigenvalue weighted by molar-refractivity contribution is 9.10. The average Bonchev–Trinajstić information content (AvgIpc) is 3.39. The molecule has 1 aromatic carbocycles. The van der Waals surface area contributed by atoms with Gasteiger partial charge in [-0.1, -0.05) is 48.3 Å². The first-order valence-corrected chi connectivity index (χ1v) is 12.8. The first-order valence-electron chi connectivity index (χ1n) is 10.8. The van der Waals surface area contributed by atoms with Crippen LogP contribution in [0.3, 0.4) is 0 Å². The van der Waals surface area contributed by atoms with Crippen LogP contribution in [-0.2, 0) is 19.4 Å². The minimum atomic E-state index is -0.165. The Labute approximate surface area is 211 Å². The Balaban J connectivity index is 1.69. The summed E-state index contributed by atoms with van der Waals surface area (Å²) in [5.74, 6) is 1.04. The lowest BCUT2D eigenvalue weighted by Crippen LogP contribution is -2.28. The molecule has 2 aromatic heterocycles. The SMILES string of the molecule is CC(C)(C)[C@@H]1CCc2c(sc(N=Cc3cc(Br)cc(Cl)c3O)c2C(=O)NCc2ccco2)C1. The Morgan fingerprint density at radius 3 is 2.91 bits per heavy atom. The van der Waals surface area contributed by atoms with Gasteiger partial charge in [0.1, 0.15) is 16.5 Å². The number of furan rings is 1. The van der Waals surface area contributed by atoms with Gasteiger partial charge in [0, 0.05) is 21.1 Å². The van der Waals surface area contributed by atoms with Crippen molar-refractivity contribution in [3.8, 4) is 5.75 Å². The maximum atomic E-state index is 13.3. The molecule has 0 bridgehead atoms. The van der Waals surface area contributed by atoms with Crippen LogP contribution in [-0.4, -0.2) is 17.2 Å². The summed E-state index contributed by atoms with van der Waals surface area (Å²) in [7, 11) is 0. The van der Waals surface area contributed by atoms with Crippen molar-refractivity contribution in [2.45, 2.75) is 46.6 Å². The molecule has 0 saturated heterocycles. The van der Waals surface area contributed by atoms with Gasteiger partial charge in [0.15, 0.2) is 0 Å². The van der Waals surface area contributed by atoms with Gasteiger partial charge in [0.05, 0.1) is 23.4 Å². The predicted octanol–water partition coefficient (Wildman–Crippen LogP) is 7.29. The maximum Gasteiger partial charge on any atom is 0.255 e. The lowest BCUT2D eigenvalue weighted by atomic mass is 9.72. The molecule has 0 spiro atoms. The van der Waals surface area contributed by atoms with Crippen LogP contribution >= 0.6 is 38.9 Å². The summed E-state index contributed by atoms with van der Waals surface area (Å²) in [4.78, 5) is 19.1. The van der Waals surface area contributed by atoms with Gasteiger partial charge in [-0.25, -0.2) is 4.99 Å². The summed E-state index contributed by atoms with van der Waals surface area (Å²) < 4.78 is 6.09. The number of aliphatic imine (C=N–C) groups is 1. The highest BCUT2D eigenvalue weighted by Gasteiger charge is 2.33. The van der Waals surface area contributed by atoms with Crippen molar-refractivity contribution in [3.63, 3.8) is 0 Å². The third-order valence-corrected chi connectivity index (χ3v) is 7.99. The Morgan fingerprint density at radius 2 is 2.21 bits per heavy atom. The molecule has 1 aliphatic carbocycles. The van der Waals surface area contributed by atoms with E-state index in [0.717, 1.165) is 29.3 Å². The molecular weight excluding hydrogens is 524 g/mol. The lowest BCUT2D eigenvalue weighted by molar-refractivity contribution is 0.0947. The Bertz CT molecular complexity index is 1200. The highest BCUT2D eigenvalue weighted by atomic mass is 79.9. The number of benzene rings is 1. The fourth-order valence-electron chi connectivity index (χ4n) is 4.12. The second-order valence-electron chi connectivity index (χ2n) is 9.34. The van der Waals surface area contributed by atoms with E-state index in [1.54, 1.807) is 42.0 Å². The number of thiophene rings is 1. The number of halogens is 2. The lowest BCUT2D eigenvalue weighted by Gasteiger charge is -2.33. The van der Waals surface area contributed by atoms with Gasteiger partial charge in [0.25, 0.3) is 5.91 Å². The molecule has 0 unspecified atom stereocenters. The van der Waals surface area contributed by atoms with Crippen LogP contribution in [0.4, 0.5) is 5.00 Å². The molecule has 0 fully saturated rings. The van der Waals surface area contributed by atoms with Gasteiger partial charge in [-0.2, -0.15) is 0 Å². The Kier molecular flexibility index (Phi) is 7.03. The molecule has 33 heavy (non-hydrogen) atoms. The van der Waals surface area contributed by atoms with E-state index in [9.17, 15) is 9.90 Å². The molecule has 5 nitrogen and oxygen atoms in total. The zero-order chi connectivity index (χ0) is 23.8. The Hall–Kier alpha value is -2.09. The summed E-state index contributed by atoms with van der Waals surface area (Å²) in [6.45, 7) is 7.12. The zero-order valence-corrected chi connectivity index (χ0v) is 21.9. The maximum absolute atomic E-state index is 13.3. The fraction of sp³-hybridized carbons (Fsp3) is 0.360. The number of carbonyl (C=O) groups is 1. The van der Waals surface area contributed by atoms with E-state index in [4.69, 9.17) is 16.0 Å².